The second-order valence-electron chi connectivity index (χ2n) is 3.22. The summed E-state index contributed by atoms with van der Waals surface area (Å²) in [6, 6.07) is 4.15. The molecular formula is C12H14KN2O8V-5. The minimum absolute atomic E-state index is 0. The van der Waals surface area contributed by atoms with Crippen molar-refractivity contribution in [3.8, 4) is 0 Å². The van der Waals surface area contributed by atoms with Crippen LogP contribution in [-0.2, 0) is 21.0 Å². The van der Waals surface area contributed by atoms with E-state index in [2.05, 4.69) is 34.9 Å². The molecule has 2 heterocycles. The third-order valence-corrected chi connectivity index (χ3v) is 2.34. The van der Waals surface area contributed by atoms with E-state index in [1.807, 2.05) is 12.2 Å². The Morgan fingerprint density at radius 3 is 1.29 bits per heavy atom. The van der Waals surface area contributed by atoms with Gasteiger partial charge in [-0.15, -0.1) is 11.4 Å². The van der Waals surface area contributed by atoms with Gasteiger partial charge in [0.15, 0.2) is 0 Å². The molecule has 2 aliphatic heterocycles. The van der Waals surface area contributed by atoms with Gasteiger partial charge >= 0.3 is 72.4 Å². The number of fused-ring (bicyclic) bond motifs is 3. The Morgan fingerprint density at radius 2 is 1.00 bits per heavy atom. The molecule has 0 aliphatic carbocycles. The molecule has 1 aromatic rings. The molecule has 1 aromatic carbocycles. The molecule has 0 spiro atoms. The van der Waals surface area contributed by atoms with Gasteiger partial charge in [-0.1, -0.05) is 36.4 Å². The predicted molar refractivity (Wildman–Crippen MR) is 70.5 cm³/mol. The summed E-state index contributed by atoms with van der Waals surface area (Å²) in [5, 5.41) is 39.0. The van der Waals surface area contributed by atoms with Crippen LogP contribution in [-0.4, -0.2) is 16.4 Å². The van der Waals surface area contributed by atoms with Crippen LogP contribution in [0.4, 0.5) is 11.4 Å². The van der Waals surface area contributed by atoms with Gasteiger partial charge in [0, 0.05) is 0 Å². The van der Waals surface area contributed by atoms with Crippen LogP contribution in [0, 0.1) is 0 Å². The van der Waals surface area contributed by atoms with Gasteiger partial charge in [0.1, 0.15) is 0 Å². The molecule has 24 heavy (non-hydrogen) atoms. The van der Waals surface area contributed by atoms with Crippen molar-refractivity contribution >= 4 is 23.5 Å². The minimum atomic E-state index is 0. The van der Waals surface area contributed by atoms with E-state index in [9.17, 15) is 0 Å². The predicted octanol–water partition coefficient (Wildman–Crippen LogP) is -8.03. The summed E-state index contributed by atoms with van der Waals surface area (Å²) >= 11 is 1.06. The second-order valence-corrected chi connectivity index (χ2v) is 3.22. The number of rotatable bonds is 0. The molecule has 131 valence electrons. The van der Waals surface area contributed by atoms with Gasteiger partial charge in [0.25, 0.3) is 0 Å². The van der Waals surface area contributed by atoms with E-state index in [1.54, 1.807) is 12.4 Å². The number of allylic oxidation sites excluding steroid dienone is 2. The van der Waals surface area contributed by atoms with Gasteiger partial charge in [0.2, 0.25) is 0 Å². The number of nitrogens with zero attached hydrogens (tertiary/aromatic N) is 2. The summed E-state index contributed by atoms with van der Waals surface area (Å²) in [6.45, 7) is 0. The van der Waals surface area contributed by atoms with Crippen LogP contribution in [0.25, 0.3) is 22.8 Å². The molecule has 0 atom stereocenters. The Bertz CT molecular complexity index is 546. The van der Waals surface area contributed by atoms with Crippen molar-refractivity contribution in [3.63, 3.8) is 0 Å². The normalized spacial score (nSPS) is 9.62. The van der Waals surface area contributed by atoms with Crippen molar-refractivity contribution in [2.45, 2.75) is 0 Å². The third-order valence-electron chi connectivity index (χ3n) is 2.34. The van der Waals surface area contributed by atoms with Crippen LogP contribution < -0.4 is 82.9 Å². The molecule has 0 amide bonds. The van der Waals surface area contributed by atoms with Crippen LogP contribution in [0.15, 0.2) is 36.7 Å². The maximum absolute atomic E-state index is 8.19. The molecule has 12 heteroatoms. The summed E-state index contributed by atoms with van der Waals surface area (Å²) < 4.78 is 8.19. The first-order valence-corrected chi connectivity index (χ1v) is 5.62. The first kappa shape index (κ1) is 35.0. The second kappa shape index (κ2) is 22.8. The van der Waals surface area contributed by atoms with Gasteiger partial charge < -0.3 is 48.1 Å². The Hall–Kier alpha value is -0.219. The zero-order chi connectivity index (χ0) is 15.4. The topological polar surface area (TPSA) is 232 Å². The average molecular weight is 404 g/mol. The molecule has 0 fully saturated rings. The standard InChI is InChI=1S/C12H8N2.K.2O2.3H2O.O.V/c1-3-9-5-6-10-4-2-8-14-12(10)11(9)13-7-1;;2*1-2;;;;;/h1-8H;;;;3*1H2;;/q-2;+1;2*-2;;;;;. The fourth-order valence-electron chi connectivity index (χ4n) is 1.68. The zero-order valence-corrected chi connectivity index (χ0v) is 17.0. The number of benzene rings is 1. The van der Waals surface area contributed by atoms with Crippen molar-refractivity contribution in [2.75, 3.05) is 0 Å². The van der Waals surface area contributed by atoms with E-state index in [-0.39, 0.29) is 67.8 Å². The van der Waals surface area contributed by atoms with Crippen molar-refractivity contribution < 1.29 is 110 Å². The van der Waals surface area contributed by atoms with Crippen molar-refractivity contribution in [1.82, 2.24) is 0 Å². The Morgan fingerprint density at radius 1 is 0.708 bits per heavy atom. The molecule has 0 bridgehead atoms. The Kier molecular flexibility index (Phi) is 33.2. The maximum atomic E-state index is 8.19. The summed E-state index contributed by atoms with van der Waals surface area (Å²) in [5.74, 6) is 0. The molecule has 0 radical (unpaired) electrons. The molecule has 0 unspecified atom stereocenters. The van der Waals surface area contributed by atoms with E-state index >= 15 is 0 Å². The van der Waals surface area contributed by atoms with Crippen LogP contribution in [0.3, 0.4) is 0 Å². The Labute approximate surface area is 189 Å². The fourth-order valence-corrected chi connectivity index (χ4v) is 1.68. The van der Waals surface area contributed by atoms with E-state index in [4.69, 9.17) is 24.7 Å². The van der Waals surface area contributed by atoms with Crippen LogP contribution in [0.2, 0.25) is 0 Å². The van der Waals surface area contributed by atoms with Gasteiger partial charge in [-0.3, -0.25) is 0 Å². The number of hydrogen-bond acceptors (Lipinski definition) is 5. The quantitative estimate of drug-likeness (QED) is 0.232. The molecule has 0 saturated heterocycles. The molecule has 6 N–H and O–H groups in total. The molecule has 0 aromatic heterocycles. The van der Waals surface area contributed by atoms with Gasteiger partial charge in [-0.05, 0) is 10.4 Å². The summed E-state index contributed by atoms with van der Waals surface area (Å²) in [7, 11) is 0. The monoisotopic (exact) mass is 404 g/mol. The van der Waals surface area contributed by atoms with Crippen molar-refractivity contribution in [1.29, 1.82) is 0 Å². The van der Waals surface area contributed by atoms with E-state index in [0.29, 0.717) is 0 Å². The van der Waals surface area contributed by atoms with Crippen LogP contribution in [0.1, 0.15) is 0 Å². The molecule has 2 aliphatic rings. The first-order chi connectivity index (χ1) is 9.95. The van der Waals surface area contributed by atoms with Gasteiger partial charge in [-0.25, -0.2) is 0 Å². The van der Waals surface area contributed by atoms with Crippen molar-refractivity contribution in [2.24, 2.45) is 0 Å². The van der Waals surface area contributed by atoms with E-state index in [0.717, 1.165) is 39.2 Å². The molecular weight excluding hydrogens is 390 g/mol. The summed E-state index contributed by atoms with van der Waals surface area (Å²) in [5.41, 5.74) is 1.95. The zero-order valence-electron chi connectivity index (χ0n) is 12.5. The third kappa shape index (κ3) is 9.93. The SMILES string of the molecule is C1=C[N-]c2c3c(ccc2=C1)=CC=C[N-]3.O.O.O.[K+].[O-][O-].[O-][O-].[O]=[V]. The molecule has 10 nitrogen and oxygen atoms in total. The fraction of sp³-hybridized carbons (Fsp3) is 0. The van der Waals surface area contributed by atoms with E-state index < -0.39 is 0 Å². The summed E-state index contributed by atoms with van der Waals surface area (Å²) in [4.78, 5) is 0. The molecule has 3 rings (SSSR count). The van der Waals surface area contributed by atoms with Crippen LogP contribution in [0.5, 0.6) is 0 Å². The average Bonchev–Trinajstić information content (AvgIpc) is 2.60. The first-order valence-electron chi connectivity index (χ1n) is 5.05. The summed E-state index contributed by atoms with van der Waals surface area (Å²) in [6.07, 6.45) is 11.6. The number of hydrogen-bond donors (Lipinski definition) is 0. The van der Waals surface area contributed by atoms with Crippen LogP contribution >= 0.6 is 0 Å². The Balaban J connectivity index is -0.000000110. The van der Waals surface area contributed by atoms with Gasteiger partial charge in [-0.2, -0.15) is 12.4 Å². The van der Waals surface area contributed by atoms with Gasteiger partial charge in [0.05, 0.1) is 0 Å². The molecule has 0 saturated carbocycles. The van der Waals surface area contributed by atoms with E-state index in [1.165, 1.54) is 0 Å². The van der Waals surface area contributed by atoms with Crippen molar-refractivity contribution in [3.05, 3.63) is 57.8 Å².